The fourth-order valence-electron chi connectivity index (χ4n) is 3.52. The van der Waals surface area contributed by atoms with Gasteiger partial charge in [0.25, 0.3) is 0 Å². The van der Waals surface area contributed by atoms with Crippen LogP contribution >= 0.6 is 0 Å². The molecule has 4 heterocycles. The molecular weight excluding hydrogens is 252 g/mol. The number of hydrogen-bond donors (Lipinski definition) is 2. The topological polar surface area (TPSA) is 61.0 Å². The van der Waals surface area contributed by atoms with Crippen LogP contribution in [0.25, 0.3) is 10.9 Å². The van der Waals surface area contributed by atoms with Crippen molar-refractivity contribution in [2.75, 3.05) is 25.0 Å². The third-order valence-electron chi connectivity index (χ3n) is 4.70. The molecule has 0 radical (unpaired) electrons. The predicted octanol–water partition coefficient (Wildman–Crippen LogP) is 1.84. The van der Waals surface area contributed by atoms with Crippen LogP contribution in [0.3, 0.4) is 0 Å². The van der Waals surface area contributed by atoms with Gasteiger partial charge in [-0.05, 0) is 50.0 Å². The number of aromatic nitrogens is 2. The van der Waals surface area contributed by atoms with Gasteiger partial charge in [0, 0.05) is 17.6 Å². The maximum atomic E-state index is 12.5. The number of rotatable bonds is 2. The number of amides is 1. The summed E-state index contributed by atoms with van der Waals surface area (Å²) in [6.07, 6.45) is 4.11. The van der Waals surface area contributed by atoms with Crippen molar-refractivity contribution in [3.63, 3.8) is 0 Å². The molecule has 1 amide bonds. The van der Waals surface area contributed by atoms with Crippen molar-refractivity contribution >= 4 is 22.5 Å². The number of hydrogen-bond acceptors (Lipinski definition) is 3. The van der Waals surface area contributed by atoms with E-state index in [9.17, 15) is 4.79 Å². The Balaban J connectivity index is 1.51. The van der Waals surface area contributed by atoms with Crippen LogP contribution in [0.1, 0.15) is 12.8 Å². The Morgan fingerprint density at radius 3 is 2.95 bits per heavy atom. The minimum absolute atomic E-state index is 0.151. The molecule has 0 spiro atoms. The van der Waals surface area contributed by atoms with Gasteiger partial charge in [-0.25, -0.2) is 0 Å². The molecule has 0 saturated carbocycles. The summed E-state index contributed by atoms with van der Waals surface area (Å²) in [5.41, 5.74) is 1.85. The summed E-state index contributed by atoms with van der Waals surface area (Å²) in [7, 11) is 0. The van der Waals surface area contributed by atoms with Crippen LogP contribution in [-0.2, 0) is 4.79 Å². The average molecular weight is 270 g/mol. The SMILES string of the molecule is O=C(Nc1ccc2[nH]ncc2c1)C1CN2CCC1CC2. The van der Waals surface area contributed by atoms with E-state index in [1.54, 1.807) is 6.20 Å². The Hall–Kier alpha value is -1.88. The van der Waals surface area contributed by atoms with E-state index in [0.717, 1.165) is 36.2 Å². The second kappa shape index (κ2) is 4.59. The van der Waals surface area contributed by atoms with E-state index >= 15 is 0 Å². The van der Waals surface area contributed by atoms with Crippen LogP contribution in [0.4, 0.5) is 5.69 Å². The molecule has 1 unspecified atom stereocenters. The summed E-state index contributed by atoms with van der Waals surface area (Å²) in [6, 6.07) is 5.85. The zero-order valence-electron chi connectivity index (χ0n) is 11.3. The Morgan fingerprint density at radius 1 is 1.35 bits per heavy atom. The first-order valence-corrected chi connectivity index (χ1v) is 7.26. The molecule has 1 atom stereocenters. The molecule has 3 fully saturated rings. The molecule has 1 aromatic carbocycles. The highest BCUT2D eigenvalue weighted by Gasteiger charge is 2.38. The standard InChI is InChI=1S/C15H18N4O/c20-15(13-9-19-5-3-10(13)4-6-19)17-12-1-2-14-11(7-12)8-16-18-14/h1-2,7-8,10,13H,3-6,9H2,(H,16,18)(H,17,20). The summed E-state index contributed by atoms with van der Waals surface area (Å²) in [6.45, 7) is 3.25. The summed E-state index contributed by atoms with van der Waals surface area (Å²) in [4.78, 5) is 14.9. The van der Waals surface area contributed by atoms with Gasteiger partial charge in [0.15, 0.2) is 0 Å². The van der Waals surface area contributed by atoms with E-state index < -0.39 is 0 Å². The molecule has 5 nitrogen and oxygen atoms in total. The first-order chi connectivity index (χ1) is 9.79. The van der Waals surface area contributed by atoms with Crippen LogP contribution in [0, 0.1) is 11.8 Å². The van der Waals surface area contributed by atoms with Crippen LogP contribution in [0.5, 0.6) is 0 Å². The highest BCUT2D eigenvalue weighted by Crippen LogP contribution is 2.33. The van der Waals surface area contributed by atoms with E-state index in [4.69, 9.17) is 0 Å². The Labute approximate surface area is 117 Å². The third-order valence-corrected chi connectivity index (χ3v) is 4.70. The zero-order chi connectivity index (χ0) is 13.5. The molecule has 3 aliphatic rings. The number of benzene rings is 1. The van der Waals surface area contributed by atoms with Crippen molar-refractivity contribution in [3.8, 4) is 0 Å². The molecular formula is C15H18N4O. The molecule has 2 bridgehead atoms. The minimum atomic E-state index is 0.151. The van der Waals surface area contributed by atoms with Gasteiger partial charge < -0.3 is 10.2 Å². The molecule has 0 aliphatic carbocycles. The monoisotopic (exact) mass is 270 g/mol. The fraction of sp³-hybridized carbons (Fsp3) is 0.467. The summed E-state index contributed by atoms with van der Waals surface area (Å²) in [5, 5.41) is 11.0. The predicted molar refractivity (Wildman–Crippen MR) is 77.4 cm³/mol. The van der Waals surface area contributed by atoms with Gasteiger partial charge in [0.1, 0.15) is 0 Å². The first-order valence-electron chi connectivity index (χ1n) is 7.26. The highest BCUT2D eigenvalue weighted by molar-refractivity contribution is 5.95. The van der Waals surface area contributed by atoms with Crippen LogP contribution < -0.4 is 5.32 Å². The number of nitrogens with zero attached hydrogens (tertiary/aromatic N) is 2. The van der Waals surface area contributed by atoms with E-state index in [2.05, 4.69) is 20.4 Å². The number of carbonyl (C=O) groups is 1. The van der Waals surface area contributed by atoms with Crippen LogP contribution in [0.15, 0.2) is 24.4 Å². The lowest BCUT2D eigenvalue weighted by Gasteiger charge is -2.43. The van der Waals surface area contributed by atoms with Gasteiger partial charge in [-0.1, -0.05) is 0 Å². The molecule has 3 aliphatic heterocycles. The second-order valence-corrected chi connectivity index (χ2v) is 5.91. The zero-order valence-corrected chi connectivity index (χ0v) is 11.3. The minimum Gasteiger partial charge on any atom is -0.326 e. The Morgan fingerprint density at radius 2 is 2.20 bits per heavy atom. The van der Waals surface area contributed by atoms with Gasteiger partial charge >= 0.3 is 0 Å². The van der Waals surface area contributed by atoms with Crippen LogP contribution in [0.2, 0.25) is 0 Å². The quantitative estimate of drug-likeness (QED) is 0.875. The van der Waals surface area contributed by atoms with E-state index in [1.165, 1.54) is 12.8 Å². The number of carbonyl (C=O) groups excluding carboxylic acids is 1. The van der Waals surface area contributed by atoms with Crippen molar-refractivity contribution in [2.45, 2.75) is 12.8 Å². The van der Waals surface area contributed by atoms with Gasteiger partial charge in [-0.15, -0.1) is 0 Å². The Kier molecular flexibility index (Phi) is 2.73. The molecule has 2 N–H and O–H groups in total. The first kappa shape index (κ1) is 11.9. The summed E-state index contributed by atoms with van der Waals surface area (Å²) < 4.78 is 0. The second-order valence-electron chi connectivity index (χ2n) is 5.91. The maximum absolute atomic E-state index is 12.5. The lowest BCUT2D eigenvalue weighted by molar-refractivity contribution is -0.125. The molecule has 20 heavy (non-hydrogen) atoms. The summed E-state index contributed by atoms with van der Waals surface area (Å²) >= 11 is 0. The van der Waals surface area contributed by atoms with Gasteiger partial charge in [-0.2, -0.15) is 5.10 Å². The summed E-state index contributed by atoms with van der Waals surface area (Å²) in [5.74, 6) is 0.887. The lowest BCUT2D eigenvalue weighted by atomic mass is 9.78. The third kappa shape index (κ3) is 1.98. The van der Waals surface area contributed by atoms with Crippen molar-refractivity contribution in [2.24, 2.45) is 11.8 Å². The number of anilines is 1. The molecule has 5 rings (SSSR count). The largest absolute Gasteiger partial charge is 0.326 e. The van der Waals surface area contributed by atoms with Crippen molar-refractivity contribution in [1.82, 2.24) is 15.1 Å². The van der Waals surface area contributed by atoms with Gasteiger partial charge in [-0.3, -0.25) is 9.89 Å². The molecule has 1 aromatic heterocycles. The molecule has 3 saturated heterocycles. The lowest BCUT2D eigenvalue weighted by Crippen LogP contribution is -2.51. The average Bonchev–Trinajstić information content (AvgIpc) is 2.96. The van der Waals surface area contributed by atoms with Crippen molar-refractivity contribution in [1.29, 1.82) is 0 Å². The van der Waals surface area contributed by atoms with E-state index in [1.807, 2.05) is 18.2 Å². The number of H-pyrrole nitrogens is 1. The maximum Gasteiger partial charge on any atom is 0.229 e. The van der Waals surface area contributed by atoms with Crippen LogP contribution in [-0.4, -0.2) is 40.6 Å². The van der Waals surface area contributed by atoms with Crippen molar-refractivity contribution < 1.29 is 4.79 Å². The highest BCUT2D eigenvalue weighted by atomic mass is 16.1. The molecule has 5 heteroatoms. The Bertz CT molecular complexity index is 642. The molecule has 104 valence electrons. The fourth-order valence-corrected chi connectivity index (χ4v) is 3.52. The van der Waals surface area contributed by atoms with Gasteiger partial charge in [0.05, 0.1) is 17.6 Å². The number of fused-ring (bicyclic) bond motifs is 4. The van der Waals surface area contributed by atoms with Gasteiger partial charge in [0.2, 0.25) is 5.91 Å². The van der Waals surface area contributed by atoms with E-state index in [0.29, 0.717) is 5.92 Å². The molecule has 2 aromatic rings. The smallest absolute Gasteiger partial charge is 0.229 e. The number of nitrogens with one attached hydrogen (secondary N) is 2. The normalized spacial score (nSPS) is 28.7. The van der Waals surface area contributed by atoms with E-state index in [-0.39, 0.29) is 11.8 Å². The van der Waals surface area contributed by atoms with Crippen molar-refractivity contribution in [3.05, 3.63) is 24.4 Å². The number of piperidine rings is 3. The number of aromatic amines is 1.